The van der Waals surface area contributed by atoms with Crippen molar-refractivity contribution in [3.05, 3.63) is 35.4 Å². The Bertz CT molecular complexity index is 518. The topological polar surface area (TPSA) is 43.8 Å². The lowest BCUT2D eigenvalue weighted by molar-refractivity contribution is 0.103. The van der Waals surface area contributed by atoms with Crippen molar-refractivity contribution in [2.75, 3.05) is 19.6 Å². The first-order valence-corrected chi connectivity index (χ1v) is 6.72. The van der Waals surface area contributed by atoms with E-state index in [9.17, 15) is 13.6 Å². The van der Waals surface area contributed by atoms with Gasteiger partial charge in [0.25, 0.3) is 0 Å². The average molecular weight is 282 g/mol. The second kappa shape index (κ2) is 5.01. The van der Waals surface area contributed by atoms with Gasteiger partial charge in [-0.25, -0.2) is 13.6 Å². The molecule has 2 unspecified atom stereocenters. The van der Waals surface area contributed by atoms with E-state index < -0.39 is 17.7 Å². The van der Waals surface area contributed by atoms with Crippen LogP contribution >= 0.6 is 0 Å². The second-order valence-corrected chi connectivity index (χ2v) is 5.42. The largest absolute Gasteiger partial charge is 0.465 e. The Hall–Kier alpha value is -1.69. The summed E-state index contributed by atoms with van der Waals surface area (Å²) in [5.74, 6) is -1.02. The summed E-state index contributed by atoms with van der Waals surface area (Å²) in [6.07, 6.45) is 0.262. The van der Waals surface area contributed by atoms with Gasteiger partial charge in [0.05, 0.1) is 0 Å². The highest BCUT2D eigenvalue weighted by atomic mass is 19.1. The van der Waals surface area contributed by atoms with Crippen LogP contribution in [0, 0.1) is 11.6 Å². The summed E-state index contributed by atoms with van der Waals surface area (Å²) in [6.45, 7) is 1.72. The Balaban J connectivity index is 1.61. The molecule has 0 spiro atoms. The molecule has 3 rings (SSSR count). The number of carboxylic acid groups (broad SMARTS) is 1. The molecule has 1 aromatic carbocycles. The van der Waals surface area contributed by atoms with Crippen molar-refractivity contribution in [1.29, 1.82) is 0 Å². The van der Waals surface area contributed by atoms with Gasteiger partial charge in [0.1, 0.15) is 11.6 Å². The van der Waals surface area contributed by atoms with Gasteiger partial charge in [0.15, 0.2) is 0 Å². The number of benzene rings is 1. The van der Waals surface area contributed by atoms with E-state index in [1.807, 2.05) is 0 Å². The number of rotatable bonds is 3. The lowest BCUT2D eigenvalue weighted by atomic mass is 10.1. The van der Waals surface area contributed by atoms with Crippen molar-refractivity contribution in [1.82, 2.24) is 9.80 Å². The van der Waals surface area contributed by atoms with E-state index in [-0.39, 0.29) is 17.6 Å². The molecule has 0 aliphatic carbocycles. The van der Waals surface area contributed by atoms with Crippen LogP contribution in [0.1, 0.15) is 12.0 Å². The number of hydrogen-bond donors (Lipinski definition) is 1. The second-order valence-electron chi connectivity index (χ2n) is 5.42. The summed E-state index contributed by atoms with van der Waals surface area (Å²) in [4.78, 5) is 14.6. The first-order chi connectivity index (χ1) is 9.56. The predicted octanol–water partition coefficient (Wildman–Crippen LogP) is 1.94. The number of carbonyl (C=O) groups is 1. The number of likely N-dealkylation sites (tertiary alicyclic amines) is 2. The van der Waals surface area contributed by atoms with E-state index in [1.54, 1.807) is 0 Å². The molecule has 2 atom stereocenters. The van der Waals surface area contributed by atoms with Gasteiger partial charge in [-0.15, -0.1) is 0 Å². The maximum Gasteiger partial charge on any atom is 0.407 e. The molecule has 2 bridgehead atoms. The molecule has 4 nitrogen and oxygen atoms in total. The predicted molar refractivity (Wildman–Crippen MR) is 68.6 cm³/mol. The van der Waals surface area contributed by atoms with Gasteiger partial charge in [-0.3, -0.25) is 4.90 Å². The summed E-state index contributed by atoms with van der Waals surface area (Å²) >= 11 is 0. The number of piperazine rings is 1. The highest BCUT2D eigenvalue weighted by molar-refractivity contribution is 5.66. The summed E-state index contributed by atoms with van der Waals surface area (Å²) < 4.78 is 27.1. The minimum absolute atomic E-state index is 0.0305. The normalized spacial score (nSPS) is 25.4. The van der Waals surface area contributed by atoms with Crippen LogP contribution in [-0.4, -0.2) is 52.7 Å². The SMILES string of the molecule is O=C(O)N1CC2CC1CN2CCc1c(F)cccc1F. The zero-order valence-electron chi connectivity index (χ0n) is 10.9. The quantitative estimate of drug-likeness (QED) is 0.921. The van der Waals surface area contributed by atoms with Crippen molar-refractivity contribution >= 4 is 6.09 Å². The summed E-state index contributed by atoms with van der Waals surface area (Å²) in [7, 11) is 0. The minimum Gasteiger partial charge on any atom is -0.465 e. The van der Waals surface area contributed by atoms with Crippen molar-refractivity contribution in [2.45, 2.75) is 24.9 Å². The number of amides is 1. The fourth-order valence-electron chi connectivity index (χ4n) is 3.28. The van der Waals surface area contributed by atoms with E-state index in [4.69, 9.17) is 5.11 Å². The monoisotopic (exact) mass is 282 g/mol. The highest BCUT2D eigenvalue weighted by Crippen LogP contribution is 2.30. The van der Waals surface area contributed by atoms with Crippen molar-refractivity contribution in [2.24, 2.45) is 0 Å². The molecule has 108 valence electrons. The Labute approximate surface area is 115 Å². The number of nitrogens with zero attached hydrogens (tertiary/aromatic N) is 2. The molecule has 2 saturated heterocycles. The number of halogens is 2. The molecule has 1 aromatic rings. The molecular weight excluding hydrogens is 266 g/mol. The van der Waals surface area contributed by atoms with Crippen LogP contribution in [0.25, 0.3) is 0 Å². The Morgan fingerprint density at radius 3 is 2.50 bits per heavy atom. The van der Waals surface area contributed by atoms with Crippen LogP contribution in [0.4, 0.5) is 13.6 Å². The van der Waals surface area contributed by atoms with Crippen LogP contribution in [0.2, 0.25) is 0 Å². The first kappa shape index (κ1) is 13.3. The first-order valence-electron chi connectivity index (χ1n) is 6.72. The van der Waals surface area contributed by atoms with Crippen molar-refractivity contribution in [3.63, 3.8) is 0 Å². The Kier molecular flexibility index (Phi) is 3.33. The van der Waals surface area contributed by atoms with E-state index >= 15 is 0 Å². The average Bonchev–Trinajstić information content (AvgIpc) is 2.97. The molecule has 1 N–H and O–H groups in total. The van der Waals surface area contributed by atoms with E-state index in [2.05, 4.69) is 4.90 Å². The highest BCUT2D eigenvalue weighted by Gasteiger charge is 2.44. The van der Waals surface area contributed by atoms with Gasteiger partial charge in [-0.2, -0.15) is 0 Å². The molecule has 2 fully saturated rings. The molecule has 0 saturated carbocycles. The smallest absolute Gasteiger partial charge is 0.407 e. The molecule has 2 aliphatic rings. The van der Waals surface area contributed by atoms with Crippen LogP contribution in [0.15, 0.2) is 18.2 Å². The third-order valence-corrected chi connectivity index (χ3v) is 4.31. The Morgan fingerprint density at radius 2 is 1.95 bits per heavy atom. The summed E-state index contributed by atoms with van der Waals surface area (Å²) in [5.41, 5.74) is 0.116. The lowest BCUT2D eigenvalue weighted by Crippen LogP contribution is -2.48. The van der Waals surface area contributed by atoms with E-state index in [0.29, 0.717) is 26.1 Å². The molecule has 20 heavy (non-hydrogen) atoms. The molecule has 6 heteroatoms. The summed E-state index contributed by atoms with van der Waals surface area (Å²) in [5, 5.41) is 9.01. The maximum atomic E-state index is 13.5. The standard InChI is InChI=1S/C14H16F2N2O2/c15-12-2-1-3-13(16)11(12)4-5-17-7-10-6-9(17)8-18(10)14(19)20/h1-3,9-10H,4-8H2,(H,19,20). The van der Waals surface area contributed by atoms with Gasteiger partial charge in [-0.05, 0) is 25.0 Å². The fraction of sp³-hybridized carbons (Fsp3) is 0.500. The molecule has 2 aliphatic heterocycles. The number of fused-ring (bicyclic) bond motifs is 2. The fourth-order valence-corrected chi connectivity index (χ4v) is 3.28. The molecular formula is C14H16F2N2O2. The van der Waals surface area contributed by atoms with Crippen molar-refractivity contribution < 1.29 is 18.7 Å². The maximum absolute atomic E-state index is 13.5. The lowest BCUT2D eigenvalue weighted by Gasteiger charge is -2.32. The zero-order valence-corrected chi connectivity index (χ0v) is 10.9. The van der Waals surface area contributed by atoms with Crippen LogP contribution in [0.3, 0.4) is 0 Å². The summed E-state index contributed by atoms with van der Waals surface area (Å²) in [6, 6.07) is 4.10. The van der Waals surface area contributed by atoms with Gasteiger partial charge in [0.2, 0.25) is 0 Å². The molecule has 1 amide bonds. The zero-order chi connectivity index (χ0) is 14.3. The minimum atomic E-state index is -0.878. The van der Waals surface area contributed by atoms with Crippen LogP contribution in [0.5, 0.6) is 0 Å². The van der Waals surface area contributed by atoms with Crippen LogP contribution in [-0.2, 0) is 6.42 Å². The van der Waals surface area contributed by atoms with E-state index in [0.717, 1.165) is 6.42 Å². The van der Waals surface area contributed by atoms with Gasteiger partial charge in [-0.1, -0.05) is 6.07 Å². The van der Waals surface area contributed by atoms with E-state index in [1.165, 1.54) is 23.1 Å². The third kappa shape index (κ3) is 2.24. The molecule has 2 heterocycles. The van der Waals surface area contributed by atoms with Crippen molar-refractivity contribution in [3.8, 4) is 0 Å². The van der Waals surface area contributed by atoms with Gasteiger partial charge in [0, 0.05) is 37.3 Å². The Morgan fingerprint density at radius 1 is 1.25 bits per heavy atom. The molecule has 0 aromatic heterocycles. The number of hydrogen-bond acceptors (Lipinski definition) is 2. The third-order valence-electron chi connectivity index (χ3n) is 4.31. The van der Waals surface area contributed by atoms with Gasteiger partial charge >= 0.3 is 6.09 Å². The van der Waals surface area contributed by atoms with Gasteiger partial charge < -0.3 is 10.0 Å². The van der Waals surface area contributed by atoms with Crippen LogP contribution < -0.4 is 0 Å². The molecule has 0 radical (unpaired) electrons.